The molecule has 86 valence electrons. The minimum absolute atomic E-state index is 0.101. The van der Waals surface area contributed by atoms with E-state index in [2.05, 4.69) is 0 Å². The second kappa shape index (κ2) is 4.71. The Bertz CT molecular complexity index is 247. The summed E-state index contributed by atoms with van der Waals surface area (Å²) >= 11 is 5.97. The Balaban J connectivity index is 1.92. The molecule has 0 aliphatic carbocycles. The quantitative estimate of drug-likeness (QED) is 0.675. The molecule has 0 saturated carbocycles. The minimum Gasteiger partial charge on any atom is -0.381 e. The topological polar surface area (TPSA) is 29.5 Å². The number of alkyl halides is 1. The summed E-state index contributed by atoms with van der Waals surface area (Å²) in [6, 6.07) is 0. The number of nitrogens with zero attached hydrogens (tertiary/aromatic N) is 1. The number of amides is 1. The van der Waals surface area contributed by atoms with Gasteiger partial charge in [-0.2, -0.15) is 0 Å². The van der Waals surface area contributed by atoms with Gasteiger partial charge in [-0.25, -0.2) is 0 Å². The number of ether oxygens (including phenoxy) is 1. The Morgan fingerprint density at radius 2 is 2.27 bits per heavy atom. The fourth-order valence-electron chi connectivity index (χ4n) is 2.43. The van der Waals surface area contributed by atoms with Crippen molar-refractivity contribution in [2.45, 2.75) is 25.1 Å². The predicted molar refractivity (Wildman–Crippen MR) is 58.9 cm³/mol. The summed E-state index contributed by atoms with van der Waals surface area (Å²) in [6.07, 6.45) is 1.78. The molecule has 0 bridgehead atoms. The highest BCUT2D eigenvalue weighted by Crippen LogP contribution is 2.29. The van der Waals surface area contributed by atoms with Crippen molar-refractivity contribution in [3.63, 3.8) is 0 Å². The van der Waals surface area contributed by atoms with E-state index in [0.29, 0.717) is 18.3 Å². The van der Waals surface area contributed by atoms with E-state index in [1.807, 2.05) is 11.8 Å². The van der Waals surface area contributed by atoms with Gasteiger partial charge in [-0.05, 0) is 18.8 Å². The maximum absolute atomic E-state index is 11.9. The van der Waals surface area contributed by atoms with E-state index in [-0.39, 0.29) is 11.3 Å². The van der Waals surface area contributed by atoms with Crippen molar-refractivity contribution in [1.82, 2.24) is 4.90 Å². The molecule has 0 spiro atoms. The molecule has 0 aromatic heterocycles. The van der Waals surface area contributed by atoms with Crippen LogP contribution in [0.25, 0.3) is 0 Å². The van der Waals surface area contributed by atoms with Crippen LogP contribution in [0.5, 0.6) is 0 Å². The van der Waals surface area contributed by atoms with Crippen molar-refractivity contribution in [1.29, 1.82) is 0 Å². The number of likely N-dealkylation sites (tertiary alicyclic amines) is 1. The van der Waals surface area contributed by atoms with E-state index < -0.39 is 0 Å². The van der Waals surface area contributed by atoms with Crippen LogP contribution in [0.2, 0.25) is 0 Å². The van der Waals surface area contributed by atoms with Crippen LogP contribution in [-0.4, -0.2) is 42.5 Å². The molecule has 0 N–H and O–H groups in total. The summed E-state index contributed by atoms with van der Waals surface area (Å²) in [5.74, 6) is 1.32. The van der Waals surface area contributed by atoms with Crippen LogP contribution in [0.3, 0.4) is 0 Å². The molecule has 2 aliphatic rings. The highest BCUT2D eigenvalue weighted by molar-refractivity contribution is 6.30. The van der Waals surface area contributed by atoms with Gasteiger partial charge in [0.25, 0.3) is 0 Å². The maximum Gasteiger partial charge on any atom is 0.240 e. The average molecular weight is 232 g/mol. The largest absolute Gasteiger partial charge is 0.381 e. The van der Waals surface area contributed by atoms with Crippen molar-refractivity contribution < 1.29 is 9.53 Å². The molecule has 0 radical (unpaired) electrons. The molecule has 0 aromatic carbocycles. The Morgan fingerprint density at radius 3 is 3.00 bits per heavy atom. The van der Waals surface area contributed by atoms with E-state index in [9.17, 15) is 4.79 Å². The summed E-state index contributed by atoms with van der Waals surface area (Å²) in [4.78, 5) is 13.8. The van der Waals surface area contributed by atoms with Gasteiger partial charge in [0.1, 0.15) is 5.38 Å². The van der Waals surface area contributed by atoms with Crippen molar-refractivity contribution >= 4 is 17.5 Å². The van der Waals surface area contributed by atoms with Crippen molar-refractivity contribution in [3.05, 3.63) is 0 Å². The van der Waals surface area contributed by atoms with Crippen molar-refractivity contribution in [2.75, 3.05) is 26.3 Å². The van der Waals surface area contributed by atoms with Crippen molar-refractivity contribution in [3.8, 4) is 0 Å². The number of carbonyl (C=O) groups excluding carboxylic acids is 1. The first-order valence-corrected chi connectivity index (χ1v) is 6.16. The lowest BCUT2D eigenvalue weighted by molar-refractivity contribution is -0.133. The second-order valence-electron chi connectivity index (χ2n) is 4.51. The van der Waals surface area contributed by atoms with Crippen molar-refractivity contribution in [2.24, 2.45) is 11.8 Å². The maximum atomic E-state index is 11.9. The third-order valence-corrected chi connectivity index (χ3v) is 3.99. The number of piperidine rings is 1. The summed E-state index contributed by atoms with van der Waals surface area (Å²) in [5, 5.41) is -0.344. The van der Waals surface area contributed by atoms with Crippen LogP contribution in [-0.2, 0) is 9.53 Å². The van der Waals surface area contributed by atoms with Crippen LogP contribution < -0.4 is 0 Å². The SMILES string of the molecule is CC[C@H](Cl)C(=O)N1CC[C@@H]2COC[C@@H]2C1. The third-order valence-electron chi connectivity index (χ3n) is 3.49. The number of halogens is 1. The minimum atomic E-state index is -0.344. The van der Waals surface area contributed by atoms with E-state index in [1.165, 1.54) is 0 Å². The molecule has 15 heavy (non-hydrogen) atoms. The summed E-state index contributed by atoms with van der Waals surface area (Å²) in [7, 11) is 0. The zero-order chi connectivity index (χ0) is 10.8. The Morgan fingerprint density at radius 1 is 1.53 bits per heavy atom. The molecule has 2 aliphatic heterocycles. The molecule has 0 unspecified atom stereocenters. The fourth-order valence-corrected chi connectivity index (χ4v) is 2.57. The third kappa shape index (κ3) is 2.28. The number of carbonyl (C=O) groups is 1. The van der Waals surface area contributed by atoms with Crippen LogP contribution >= 0.6 is 11.6 Å². The van der Waals surface area contributed by atoms with E-state index >= 15 is 0 Å². The average Bonchev–Trinajstić information content (AvgIpc) is 2.73. The molecule has 0 aromatic rings. The Kier molecular flexibility index (Phi) is 3.52. The van der Waals surface area contributed by atoms with Gasteiger partial charge in [0.05, 0.1) is 6.61 Å². The Labute approximate surface area is 95.7 Å². The van der Waals surface area contributed by atoms with Gasteiger partial charge in [0.2, 0.25) is 5.91 Å². The van der Waals surface area contributed by atoms with Crippen LogP contribution in [0, 0.1) is 11.8 Å². The number of rotatable bonds is 2. The first-order valence-electron chi connectivity index (χ1n) is 5.73. The molecule has 2 fully saturated rings. The van der Waals surface area contributed by atoms with Crippen LogP contribution in [0.1, 0.15) is 19.8 Å². The normalized spacial score (nSPS) is 32.5. The zero-order valence-corrected chi connectivity index (χ0v) is 9.87. The summed E-state index contributed by atoms with van der Waals surface area (Å²) < 4.78 is 5.44. The van der Waals surface area contributed by atoms with Gasteiger partial charge in [-0.3, -0.25) is 4.79 Å². The van der Waals surface area contributed by atoms with Gasteiger partial charge < -0.3 is 9.64 Å². The molecule has 3 nitrogen and oxygen atoms in total. The highest BCUT2D eigenvalue weighted by atomic mass is 35.5. The molecule has 1 amide bonds. The van der Waals surface area contributed by atoms with Gasteiger partial charge in [0.15, 0.2) is 0 Å². The summed E-state index contributed by atoms with van der Waals surface area (Å²) in [6.45, 7) is 5.33. The highest BCUT2D eigenvalue weighted by Gasteiger charge is 2.36. The Hall–Kier alpha value is -0.280. The van der Waals surface area contributed by atoms with E-state index in [4.69, 9.17) is 16.3 Å². The lowest BCUT2D eigenvalue weighted by atomic mass is 9.88. The molecule has 2 rings (SSSR count). The predicted octanol–water partition coefficient (Wildman–Crippen LogP) is 1.50. The molecular weight excluding hydrogens is 214 g/mol. The first kappa shape index (κ1) is 11.2. The van der Waals surface area contributed by atoms with Crippen LogP contribution in [0.15, 0.2) is 0 Å². The van der Waals surface area contributed by atoms with E-state index in [0.717, 1.165) is 32.7 Å². The lowest BCUT2D eigenvalue weighted by Gasteiger charge is -2.34. The standard InChI is InChI=1S/C11H18ClNO2/c1-2-10(12)11(14)13-4-3-8-6-15-7-9(8)5-13/h8-10H,2-7H2,1H3/t8-,9+,10+/m1/s1. The number of hydrogen-bond donors (Lipinski definition) is 0. The monoisotopic (exact) mass is 231 g/mol. The van der Waals surface area contributed by atoms with Gasteiger partial charge in [0, 0.05) is 25.6 Å². The van der Waals surface area contributed by atoms with Crippen LogP contribution in [0.4, 0.5) is 0 Å². The second-order valence-corrected chi connectivity index (χ2v) is 5.03. The molecular formula is C11H18ClNO2. The molecule has 4 heteroatoms. The molecule has 2 heterocycles. The smallest absolute Gasteiger partial charge is 0.240 e. The first-order chi connectivity index (χ1) is 7.22. The zero-order valence-electron chi connectivity index (χ0n) is 9.12. The fraction of sp³-hybridized carbons (Fsp3) is 0.909. The molecule has 2 saturated heterocycles. The number of hydrogen-bond acceptors (Lipinski definition) is 2. The lowest BCUT2D eigenvalue weighted by Crippen LogP contribution is -2.46. The van der Waals surface area contributed by atoms with E-state index in [1.54, 1.807) is 0 Å². The van der Waals surface area contributed by atoms with Gasteiger partial charge in [-0.1, -0.05) is 6.92 Å². The van der Waals surface area contributed by atoms with Gasteiger partial charge >= 0.3 is 0 Å². The summed E-state index contributed by atoms with van der Waals surface area (Å²) in [5.41, 5.74) is 0. The number of fused-ring (bicyclic) bond motifs is 1. The van der Waals surface area contributed by atoms with Gasteiger partial charge in [-0.15, -0.1) is 11.6 Å². The molecule has 3 atom stereocenters.